The zero-order chi connectivity index (χ0) is 11.4. The van der Waals surface area contributed by atoms with Gasteiger partial charge in [0.2, 0.25) is 0 Å². The number of halogens is 1. The van der Waals surface area contributed by atoms with Gasteiger partial charge in [-0.15, -0.1) is 0 Å². The number of ether oxygens (including phenoxy) is 2. The second kappa shape index (κ2) is 5.27. The molecule has 2 N–H and O–H groups in total. The highest BCUT2D eigenvalue weighted by atomic mass is 19.1. The number of hydrogen-bond donors (Lipinski definition) is 1. The summed E-state index contributed by atoms with van der Waals surface area (Å²) in [6, 6.07) is 4.56. The minimum atomic E-state index is -0.251. The third-order valence-corrected chi connectivity index (χ3v) is 2.62. The first-order valence-electron chi connectivity index (χ1n) is 5.52. The summed E-state index contributed by atoms with van der Waals surface area (Å²) in [6.45, 7) is 1.83. The number of rotatable bonds is 4. The van der Waals surface area contributed by atoms with Crippen molar-refractivity contribution < 1.29 is 13.9 Å². The average molecular weight is 225 g/mol. The Morgan fingerprint density at radius 2 is 2.38 bits per heavy atom. The van der Waals surface area contributed by atoms with E-state index < -0.39 is 0 Å². The van der Waals surface area contributed by atoms with E-state index in [1.807, 2.05) is 0 Å². The molecular formula is C12H16FNO2. The second-order valence-electron chi connectivity index (χ2n) is 3.89. The highest BCUT2D eigenvalue weighted by Gasteiger charge is 2.18. The van der Waals surface area contributed by atoms with Crippen LogP contribution in [0.2, 0.25) is 0 Å². The molecule has 2 rings (SSSR count). The summed E-state index contributed by atoms with van der Waals surface area (Å²) in [5, 5.41) is 0. The largest absolute Gasteiger partial charge is 0.488 e. The first-order valence-corrected chi connectivity index (χ1v) is 5.52. The van der Waals surface area contributed by atoms with E-state index in [0.717, 1.165) is 24.3 Å². The topological polar surface area (TPSA) is 44.5 Å². The van der Waals surface area contributed by atoms with Gasteiger partial charge in [0.05, 0.1) is 13.2 Å². The number of nitrogens with two attached hydrogens (primary N) is 1. The lowest BCUT2D eigenvalue weighted by molar-refractivity contribution is 0.140. The smallest absolute Gasteiger partial charge is 0.124 e. The van der Waals surface area contributed by atoms with Crippen LogP contribution in [0.1, 0.15) is 12.0 Å². The van der Waals surface area contributed by atoms with Crippen molar-refractivity contribution in [3.8, 4) is 5.75 Å². The molecular weight excluding hydrogens is 209 g/mol. The fraction of sp³-hybridized carbons (Fsp3) is 0.500. The molecule has 1 aliphatic rings. The Balaban J connectivity index is 2.11. The maximum absolute atomic E-state index is 13.1. The Labute approximate surface area is 94.3 Å². The van der Waals surface area contributed by atoms with E-state index in [9.17, 15) is 4.39 Å². The minimum Gasteiger partial charge on any atom is -0.488 e. The summed E-state index contributed by atoms with van der Waals surface area (Å²) in [7, 11) is 0. The number of hydrogen-bond acceptors (Lipinski definition) is 3. The Kier molecular flexibility index (Phi) is 3.74. The molecule has 1 aromatic carbocycles. The lowest BCUT2D eigenvalue weighted by Crippen LogP contribution is -2.17. The van der Waals surface area contributed by atoms with Crippen molar-refractivity contribution in [1.29, 1.82) is 0 Å². The summed E-state index contributed by atoms with van der Waals surface area (Å²) in [4.78, 5) is 0. The Bertz CT molecular complexity index is 351. The molecule has 0 bridgehead atoms. The molecule has 3 nitrogen and oxygen atoms in total. The van der Waals surface area contributed by atoms with Gasteiger partial charge in [-0.2, -0.15) is 0 Å². The van der Waals surface area contributed by atoms with Gasteiger partial charge in [-0.3, -0.25) is 0 Å². The summed E-state index contributed by atoms with van der Waals surface area (Å²) in [6.07, 6.45) is 1.60. The van der Waals surface area contributed by atoms with Crippen molar-refractivity contribution in [3.63, 3.8) is 0 Å². The van der Waals surface area contributed by atoms with Crippen molar-refractivity contribution in [2.45, 2.75) is 18.9 Å². The third-order valence-electron chi connectivity index (χ3n) is 2.62. The molecule has 0 radical (unpaired) electrons. The van der Waals surface area contributed by atoms with Gasteiger partial charge in [-0.1, -0.05) is 0 Å². The van der Waals surface area contributed by atoms with Crippen LogP contribution < -0.4 is 10.5 Å². The van der Waals surface area contributed by atoms with Crippen molar-refractivity contribution >= 4 is 0 Å². The highest BCUT2D eigenvalue weighted by molar-refractivity contribution is 5.34. The molecule has 16 heavy (non-hydrogen) atoms. The van der Waals surface area contributed by atoms with Crippen LogP contribution in [0.5, 0.6) is 5.75 Å². The molecule has 0 amide bonds. The van der Waals surface area contributed by atoms with E-state index in [2.05, 4.69) is 0 Å². The summed E-state index contributed by atoms with van der Waals surface area (Å²) >= 11 is 0. The van der Waals surface area contributed by atoms with Gasteiger partial charge in [0.25, 0.3) is 0 Å². The highest BCUT2D eigenvalue weighted by Crippen LogP contribution is 2.23. The molecule has 1 aliphatic heterocycles. The van der Waals surface area contributed by atoms with E-state index in [0.29, 0.717) is 19.6 Å². The molecule has 0 saturated carbocycles. The lowest BCUT2D eigenvalue weighted by atomic mass is 10.1. The summed E-state index contributed by atoms with van der Waals surface area (Å²) in [5.74, 6) is 0.473. The predicted octanol–water partition coefficient (Wildman–Crippen LogP) is 1.49. The molecule has 1 unspecified atom stereocenters. The van der Waals surface area contributed by atoms with Crippen LogP contribution in [0.4, 0.5) is 4.39 Å². The summed E-state index contributed by atoms with van der Waals surface area (Å²) in [5.41, 5.74) is 6.31. The van der Waals surface area contributed by atoms with Gasteiger partial charge >= 0.3 is 0 Å². The van der Waals surface area contributed by atoms with Crippen LogP contribution in [-0.2, 0) is 11.2 Å². The molecule has 1 fully saturated rings. The Morgan fingerprint density at radius 1 is 1.50 bits per heavy atom. The van der Waals surface area contributed by atoms with Crippen LogP contribution >= 0.6 is 0 Å². The SMILES string of the molecule is NCCc1cc(F)ccc1OC1CCOC1. The Hall–Kier alpha value is -1.13. The molecule has 0 aliphatic carbocycles. The molecule has 4 heteroatoms. The average Bonchev–Trinajstić information content (AvgIpc) is 2.75. The van der Waals surface area contributed by atoms with Crippen LogP contribution in [0, 0.1) is 5.82 Å². The molecule has 0 spiro atoms. The lowest BCUT2D eigenvalue weighted by Gasteiger charge is -2.15. The standard InChI is InChI=1S/C12H16FNO2/c13-10-1-2-12(9(7-10)3-5-14)16-11-4-6-15-8-11/h1-2,7,11H,3-6,8,14H2. The fourth-order valence-corrected chi connectivity index (χ4v) is 1.80. The van der Waals surface area contributed by atoms with Crippen LogP contribution in [-0.4, -0.2) is 25.9 Å². The van der Waals surface area contributed by atoms with Gasteiger partial charge in [0, 0.05) is 6.42 Å². The Morgan fingerprint density at radius 3 is 3.06 bits per heavy atom. The molecule has 1 aromatic rings. The van der Waals surface area contributed by atoms with E-state index in [4.69, 9.17) is 15.2 Å². The molecule has 0 aromatic heterocycles. The fourth-order valence-electron chi connectivity index (χ4n) is 1.80. The molecule has 1 heterocycles. The van der Waals surface area contributed by atoms with Crippen molar-refractivity contribution in [1.82, 2.24) is 0 Å². The van der Waals surface area contributed by atoms with E-state index in [1.165, 1.54) is 12.1 Å². The maximum atomic E-state index is 13.1. The quantitative estimate of drug-likeness (QED) is 0.844. The molecule has 1 atom stereocenters. The maximum Gasteiger partial charge on any atom is 0.124 e. The van der Waals surface area contributed by atoms with Crippen LogP contribution in [0.15, 0.2) is 18.2 Å². The van der Waals surface area contributed by atoms with E-state index in [-0.39, 0.29) is 11.9 Å². The minimum absolute atomic E-state index is 0.0852. The van der Waals surface area contributed by atoms with Crippen LogP contribution in [0.3, 0.4) is 0 Å². The van der Waals surface area contributed by atoms with Crippen molar-refractivity contribution in [3.05, 3.63) is 29.6 Å². The van der Waals surface area contributed by atoms with Crippen molar-refractivity contribution in [2.75, 3.05) is 19.8 Å². The first-order chi connectivity index (χ1) is 7.79. The summed E-state index contributed by atoms with van der Waals surface area (Å²) < 4.78 is 24.1. The second-order valence-corrected chi connectivity index (χ2v) is 3.89. The molecule has 1 saturated heterocycles. The van der Waals surface area contributed by atoms with Gasteiger partial charge in [-0.05, 0) is 36.7 Å². The van der Waals surface area contributed by atoms with Crippen LogP contribution in [0.25, 0.3) is 0 Å². The monoisotopic (exact) mass is 225 g/mol. The zero-order valence-electron chi connectivity index (χ0n) is 9.12. The molecule has 88 valence electrons. The van der Waals surface area contributed by atoms with Gasteiger partial charge < -0.3 is 15.2 Å². The van der Waals surface area contributed by atoms with Gasteiger partial charge in [0.1, 0.15) is 17.7 Å². The zero-order valence-corrected chi connectivity index (χ0v) is 9.12. The third kappa shape index (κ3) is 2.71. The van der Waals surface area contributed by atoms with E-state index >= 15 is 0 Å². The normalized spacial score (nSPS) is 20.0. The van der Waals surface area contributed by atoms with Gasteiger partial charge in [0.15, 0.2) is 0 Å². The van der Waals surface area contributed by atoms with E-state index in [1.54, 1.807) is 6.07 Å². The first kappa shape index (κ1) is 11.4. The predicted molar refractivity (Wildman–Crippen MR) is 59.0 cm³/mol. The van der Waals surface area contributed by atoms with Crippen molar-refractivity contribution in [2.24, 2.45) is 5.73 Å². The number of benzene rings is 1. The van der Waals surface area contributed by atoms with Gasteiger partial charge in [-0.25, -0.2) is 4.39 Å².